The molecule has 76 valence electrons. The van der Waals surface area contributed by atoms with E-state index in [4.69, 9.17) is 5.73 Å². The minimum absolute atomic E-state index is 0.130. The summed E-state index contributed by atoms with van der Waals surface area (Å²) in [6, 6.07) is 5.38. The van der Waals surface area contributed by atoms with E-state index in [1.54, 1.807) is 12.1 Å². The van der Waals surface area contributed by atoms with Crippen LogP contribution in [0.5, 0.6) is 0 Å². The molecule has 0 radical (unpaired) electrons. The molecule has 0 heterocycles. The molecule has 1 aromatic rings. The van der Waals surface area contributed by atoms with Gasteiger partial charge in [-0.3, -0.25) is 4.79 Å². The Balaban J connectivity index is 2.83. The molecular weight excluding hydrogens is 242 g/mol. The molecule has 14 heavy (non-hydrogen) atoms. The van der Waals surface area contributed by atoms with Gasteiger partial charge in [-0.1, -0.05) is 29.3 Å². The van der Waals surface area contributed by atoms with Gasteiger partial charge >= 0.3 is 0 Å². The highest BCUT2D eigenvalue weighted by molar-refractivity contribution is 9.10. The summed E-state index contributed by atoms with van der Waals surface area (Å²) in [5.41, 5.74) is 6.92. The molecule has 0 aliphatic heterocycles. The maximum atomic E-state index is 11.7. The zero-order valence-electron chi connectivity index (χ0n) is 8.22. The van der Waals surface area contributed by atoms with Crippen LogP contribution < -0.4 is 5.73 Å². The SMILES string of the molecule is CCCCC(=O)c1cc(Br)ccc1N. The zero-order chi connectivity index (χ0) is 10.6. The number of carbonyl (C=O) groups excluding carboxylic acids is 1. The second-order valence-electron chi connectivity index (χ2n) is 3.26. The van der Waals surface area contributed by atoms with E-state index in [1.165, 1.54) is 0 Å². The van der Waals surface area contributed by atoms with Crippen LogP contribution in [-0.2, 0) is 0 Å². The highest BCUT2D eigenvalue weighted by Crippen LogP contribution is 2.20. The Labute approximate surface area is 92.6 Å². The van der Waals surface area contributed by atoms with Crippen LogP contribution >= 0.6 is 15.9 Å². The summed E-state index contributed by atoms with van der Waals surface area (Å²) >= 11 is 3.32. The van der Waals surface area contributed by atoms with Crippen molar-refractivity contribution in [3.63, 3.8) is 0 Å². The molecule has 0 aromatic heterocycles. The molecule has 0 aliphatic carbocycles. The lowest BCUT2D eigenvalue weighted by Crippen LogP contribution is -2.03. The van der Waals surface area contributed by atoms with Gasteiger partial charge < -0.3 is 5.73 Å². The summed E-state index contributed by atoms with van der Waals surface area (Å²) in [6.45, 7) is 2.07. The lowest BCUT2D eigenvalue weighted by Gasteiger charge is -2.04. The average molecular weight is 256 g/mol. The summed E-state index contributed by atoms with van der Waals surface area (Å²) in [5, 5.41) is 0. The Bertz CT molecular complexity index is 336. The highest BCUT2D eigenvalue weighted by Gasteiger charge is 2.09. The Hall–Kier alpha value is -0.830. The van der Waals surface area contributed by atoms with Gasteiger partial charge in [0.25, 0.3) is 0 Å². The number of Topliss-reactive ketones (excluding diaryl/α,β-unsaturated/α-hetero) is 1. The number of ketones is 1. The number of unbranched alkanes of at least 4 members (excludes halogenated alkanes) is 1. The minimum Gasteiger partial charge on any atom is -0.398 e. The molecule has 0 fully saturated rings. The number of hydrogen-bond donors (Lipinski definition) is 1. The van der Waals surface area contributed by atoms with Crippen LogP contribution in [-0.4, -0.2) is 5.78 Å². The fourth-order valence-electron chi connectivity index (χ4n) is 1.24. The third-order valence-electron chi connectivity index (χ3n) is 2.07. The molecule has 1 aromatic carbocycles. The molecule has 0 atom stereocenters. The van der Waals surface area contributed by atoms with E-state index < -0.39 is 0 Å². The van der Waals surface area contributed by atoms with Crippen molar-refractivity contribution >= 4 is 27.4 Å². The Kier molecular flexibility index (Phi) is 4.14. The molecule has 0 amide bonds. The van der Waals surface area contributed by atoms with Crippen LogP contribution in [0.3, 0.4) is 0 Å². The molecule has 1 rings (SSSR count). The molecule has 0 bridgehead atoms. The monoisotopic (exact) mass is 255 g/mol. The largest absolute Gasteiger partial charge is 0.398 e. The summed E-state index contributed by atoms with van der Waals surface area (Å²) in [5.74, 6) is 0.130. The highest BCUT2D eigenvalue weighted by atomic mass is 79.9. The van der Waals surface area contributed by atoms with Gasteiger partial charge in [-0.2, -0.15) is 0 Å². The van der Waals surface area contributed by atoms with Gasteiger partial charge in [0, 0.05) is 22.1 Å². The third kappa shape index (κ3) is 2.84. The van der Waals surface area contributed by atoms with Crippen molar-refractivity contribution in [1.82, 2.24) is 0 Å². The first-order valence-electron chi connectivity index (χ1n) is 4.73. The zero-order valence-corrected chi connectivity index (χ0v) is 9.80. The fourth-order valence-corrected chi connectivity index (χ4v) is 1.60. The van der Waals surface area contributed by atoms with Gasteiger partial charge in [0.2, 0.25) is 0 Å². The number of hydrogen-bond acceptors (Lipinski definition) is 2. The topological polar surface area (TPSA) is 43.1 Å². The molecule has 2 nitrogen and oxygen atoms in total. The Morgan fingerprint density at radius 2 is 2.21 bits per heavy atom. The third-order valence-corrected chi connectivity index (χ3v) is 2.57. The molecule has 0 saturated carbocycles. The van der Waals surface area contributed by atoms with Crippen molar-refractivity contribution in [2.75, 3.05) is 5.73 Å². The quantitative estimate of drug-likeness (QED) is 0.662. The number of nitrogen functional groups attached to an aromatic ring is 1. The molecule has 0 aliphatic rings. The first-order chi connectivity index (χ1) is 6.65. The van der Waals surface area contributed by atoms with Gasteiger partial charge in [-0.05, 0) is 24.6 Å². The van der Waals surface area contributed by atoms with Crippen molar-refractivity contribution in [3.8, 4) is 0 Å². The van der Waals surface area contributed by atoms with E-state index in [-0.39, 0.29) is 5.78 Å². The Morgan fingerprint density at radius 3 is 2.86 bits per heavy atom. The van der Waals surface area contributed by atoms with E-state index in [0.29, 0.717) is 17.7 Å². The van der Waals surface area contributed by atoms with Crippen molar-refractivity contribution in [2.45, 2.75) is 26.2 Å². The maximum absolute atomic E-state index is 11.7. The van der Waals surface area contributed by atoms with Crippen LogP contribution in [0.15, 0.2) is 22.7 Å². The molecule has 0 unspecified atom stereocenters. The van der Waals surface area contributed by atoms with Crippen LogP contribution in [0, 0.1) is 0 Å². The standard InChI is InChI=1S/C11H14BrNO/c1-2-3-4-11(14)9-7-8(12)5-6-10(9)13/h5-7H,2-4,13H2,1H3. The van der Waals surface area contributed by atoms with E-state index in [9.17, 15) is 4.79 Å². The smallest absolute Gasteiger partial charge is 0.164 e. The van der Waals surface area contributed by atoms with Crippen molar-refractivity contribution in [3.05, 3.63) is 28.2 Å². The van der Waals surface area contributed by atoms with E-state index in [2.05, 4.69) is 22.9 Å². The van der Waals surface area contributed by atoms with E-state index in [0.717, 1.165) is 17.3 Å². The van der Waals surface area contributed by atoms with Gasteiger partial charge in [0.05, 0.1) is 0 Å². The van der Waals surface area contributed by atoms with Crippen LogP contribution in [0.25, 0.3) is 0 Å². The summed E-state index contributed by atoms with van der Waals surface area (Å²) in [6.07, 6.45) is 2.53. The Morgan fingerprint density at radius 1 is 1.50 bits per heavy atom. The fraction of sp³-hybridized carbons (Fsp3) is 0.364. The predicted molar refractivity (Wildman–Crippen MR) is 62.4 cm³/mol. The number of nitrogens with two attached hydrogens (primary N) is 1. The lowest BCUT2D eigenvalue weighted by molar-refractivity contribution is 0.0980. The van der Waals surface area contributed by atoms with Crippen molar-refractivity contribution in [2.24, 2.45) is 0 Å². The first kappa shape index (κ1) is 11.2. The average Bonchev–Trinajstić information content (AvgIpc) is 2.18. The number of anilines is 1. The number of benzene rings is 1. The van der Waals surface area contributed by atoms with Crippen molar-refractivity contribution in [1.29, 1.82) is 0 Å². The van der Waals surface area contributed by atoms with E-state index >= 15 is 0 Å². The summed E-state index contributed by atoms with van der Waals surface area (Å²) in [7, 11) is 0. The lowest BCUT2D eigenvalue weighted by atomic mass is 10.0. The molecule has 2 N–H and O–H groups in total. The van der Waals surface area contributed by atoms with Crippen LogP contribution in [0.2, 0.25) is 0 Å². The number of rotatable bonds is 4. The van der Waals surface area contributed by atoms with Gasteiger partial charge in [0.15, 0.2) is 5.78 Å². The second-order valence-corrected chi connectivity index (χ2v) is 4.17. The van der Waals surface area contributed by atoms with Gasteiger partial charge in [0.1, 0.15) is 0 Å². The predicted octanol–water partition coefficient (Wildman–Crippen LogP) is 3.40. The summed E-state index contributed by atoms with van der Waals surface area (Å²) in [4.78, 5) is 11.7. The number of carbonyl (C=O) groups is 1. The van der Waals surface area contributed by atoms with Crippen LogP contribution in [0.1, 0.15) is 36.5 Å². The second kappa shape index (κ2) is 5.15. The van der Waals surface area contributed by atoms with Crippen molar-refractivity contribution < 1.29 is 4.79 Å². The number of halogens is 1. The van der Waals surface area contributed by atoms with Gasteiger partial charge in [-0.25, -0.2) is 0 Å². The summed E-state index contributed by atoms with van der Waals surface area (Å²) < 4.78 is 0.895. The van der Waals surface area contributed by atoms with Gasteiger partial charge in [-0.15, -0.1) is 0 Å². The molecule has 0 spiro atoms. The minimum atomic E-state index is 0.130. The molecule has 0 saturated heterocycles. The normalized spacial score (nSPS) is 10.1. The molecule has 3 heteroatoms. The first-order valence-corrected chi connectivity index (χ1v) is 5.52. The molecular formula is C11H14BrNO. The maximum Gasteiger partial charge on any atom is 0.164 e. The van der Waals surface area contributed by atoms with Crippen LogP contribution in [0.4, 0.5) is 5.69 Å². The van der Waals surface area contributed by atoms with E-state index in [1.807, 2.05) is 6.07 Å².